The first-order valence-corrected chi connectivity index (χ1v) is 9.25. The van der Waals surface area contributed by atoms with Gasteiger partial charge >= 0.3 is 0 Å². The molecule has 3 heteroatoms. The van der Waals surface area contributed by atoms with Crippen molar-refractivity contribution in [1.29, 1.82) is 0 Å². The van der Waals surface area contributed by atoms with E-state index < -0.39 is 5.41 Å². The molecule has 6 atom stereocenters. The van der Waals surface area contributed by atoms with E-state index in [2.05, 4.69) is 56.5 Å². The van der Waals surface area contributed by atoms with Gasteiger partial charge in [0.25, 0.3) is 0 Å². The summed E-state index contributed by atoms with van der Waals surface area (Å²) in [6.07, 6.45) is 4.76. The van der Waals surface area contributed by atoms with Gasteiger partial charge in [-0.2, -0.15) is 0 Å². The van der Waals surface area contributed by atoms with Gasteiger partial charge in [0, 0.05) is 18.4 Å². The quantitative estimate of drug-likeness (QED) is 0.361. The van der Waals surface area contributed by atoms with Crippen LogP contribution in [0.25, 0.3) is 0 Å². The van der Waals surface area contributed by atoms with Gasteiger partial charge < -0.3 is 4.74 Å². The van der Waals surface area contributed by atoms with Gasteiger partial charge in [0.05, 0.1) is 9.53 Å². The largest absolute Gasteiger partial charge is 0.380 e. The van der Waals surface area contributed by atoms with E-state index in [1.165, 1.54) is 5.57 Å². The lowest BCUT2D eigenvalue weighted by molar-refractivity contribution is -0.135. The van der Waals surface area contributed by atoms with E-state index in [1.54, 1.807) is 7.11 Å². The smallest absolute Gasteiger partial charge is 0.145 e. The number of hydrogen-bond donors (Lipinski definition) is 0. The van der Waals surface area contributed by atoms with Crippen molar-refractivity contribution in [1.82, 2.24) is 0 Å². The monoisotopic (exact) mass is 416 g/mol. The van der Waals surface area contributed by atoms with E-state index in [4.69, 9.17) is 4.74 Å². The number of Topliss-reactive ketones (excluding diaryl/α,β-unsaturated/α-hetero) is 1. The van der Waals surface area contributed by atoms with Crippen LogP contribution in [0.2, 0.25) is 0 Å². The van der Waals surface area contributed by atoms with Crippen molar-refractivity contribution in [2.24, 2.45) is 22.7 Å². The third-order valence-corrected chi connectivity index (χ3v) is 9.26. The topological polar surface area (TPSA) is 26.3 Å². The number of rotatable bonds is 2. The molecule has 0 bridgehead atoms. The van der Waals surface area contributed by atoms with Crippen LogP contribution in [-0.2, 0) is 9.53 Å². The molecule has 0 amide bonds. The summed E-state index contributed by atoms with van der Waals surface area (Å²) >= 11 is 2.55. The van der Waals surface area contributed by atoms with Gasteiger partial charge in [0.2, 0.25) is 0 Å². The highest BCUT2D eigenvalue weighted by molar-refractivity contribution is 14.1. The lowest BCUT2D eigenvalue weighted by atomic mass is 9.57. The van der Waals surface area contributed by atoms with Crippen molar-refractivity contribution in [3.8, 4) is 0 Å². The zero-order chi connectivity index (χ0) is 16.9. The molecule has 2 aliphatic carbocycles. The molecule has 0 aromatic rings. The summed E-state index contributed by atoms with van der Waals surface area (Å²) in [5.41, 5.74) is 0.641. The summed E-state index contributed by atoms with van der Waals surface area (Å²) in [6, 6.07) is 0. The first-order valence-electron chi connectivity index (χ1n) is 8.17. The number of fused-ring (bicyclic) bond motifs is 1. The Morgan fingerprint density at radius 2 is 1.95 bits per heavy atom. The Balaban J connectivity index is 2.63. The Morgan fingerprint density at radius 3 is 2.45 bits per heavy atom. The molecule has 2 nitrogen and oxygen atoms in total. The maximum Gasteiger partial charge on any atom is 0.145 e. The van der Waals surface area contributed by atoms with Crippen molar-refractivity contribution in [2.75, 3.05) is 7.11 Å². The molecule has 22 heavy (non-hydrogen) atoms. The average Bonchev–Trinajstić information content (AvgIpc) is 2.77. The number of allylic oxidation sites excluding steroid dienone is 1. The van der Waals surface area contributed by atoms with Gasteiger partial charge in [-0.3, -0.25) is 4.79 Å². The minimum Gasteiger partial charge on any atom is -0.380 e. The Morgan fingerprint density at radius 1 is 1.36 bits per heavy atom. The number of hydrogen-bond acceptors (Lipinski definition) is 2. The molecule has 2 fully saturated rings. The standard InChI is InChI=1S/C19H29IO2/c1-8-17(5)11-12(2)13(3)19(20)15(22-7)9-10-18(19,6)14(4)16(17)21/h8,12,14-15H,1,3,9-11H2,2,4-7H3/t12-,14-,15+,17+,18?,19?/m0/s1. The average molecular weight is 416 g/mol. The highest BCUT2D eigenvalue weighted by Gasteiger charge is 2.64. The number of carbonyl (C=O) groups excluding carboxylic acids is 1. The highest BCUT2D eigenvalue weighted by atomic mass is 127. The minimum atomic E-state index is -0.464. The van der Waals surface area contributed by atoms with Crippen molar-refractivity contribution in [2.45, 2.75) is 56.5 Å². The van der Waals surface area contributed by atoms with Gasteiger partial charge in [-0.15, -0.1) is 6.58 Å². The second-order valence-electron chi connectivity index (χ2n) is 7.73. The molecule has 124 valence electrons. The van der Waals surface area contributed by atoms with Crippen molar-refractivity contribution < 1.29 is 9.53 Å². The summed E-state index contributed by atoms with van der Waals surface area (Å²) in [4.78, 5) is 13.2. The second kappa shape index (κ2) is 5.73. The molecule has 0 aromatic heterocycles. The van der Waals surface area contributed by atoms with E-state index in [1.807, 2.05) is 13.0 Å². The molecule has 2 saturated carbocycles. The Labute approximate surface area is 148 Å². The number of methoxy groups -OCH3 is 1. The minimum absolute atomic E-state index is 0.0307. The molecule has 2 unspecified atom stereocenters. The van der Waals surface area contributed by atoms with E-state index in [0.717, 1.165) is 19.3 Å². The van der Waals surface area contributed by atoms with E-state index >= 15 is 0 Å². The fourth-order valence-corrected chi connectivity index (χ4v) is 6.59. The Kier molecular flexibility index (Phi) is 4.73. The van der Waals surface area contributed by atoms with Crippen LogP contribution in [0.1, 0.15) is 47.0 Å². The van der Waals surface area contributed by atoms with Crippen LogP contribution in [0.5, 0.6) is 0 Å². The molecule has 0 saturated heterocycles. The maximum atomic E-state index is 13.2. The first kappa shape index (κ1) is 18.2. The van der Waals surface area contributed by atoms with Crippen LogP contribution < -0.4 is 0 Å². The van der Waals surface area contributed by atoms with Crippen molar-refractivity contribution in [3.05, 3.63) is 24.8 Å². The Bertz CT molecular complexity index is 514. The van der Waals surface area contributed by atoms with Gasteiger partial charge in [-0.05, 0) is 37.5 Å². The summed E-state index contributed by atoms with van der Waals surface area (Å²) in [7, 11) is 1.79. The molecule has 0 aromatic carbocycles. The number of carbonyl (C=O) groups is 1. The van der Waals surface area contributed by atoms with Gasteiger partial charge in [-0.1, -0.05) is 61.6 Å². The number of alkyl halides is 1. The summed E-state index contributed by atoms with van der Waals surface area (Å²) < 4.78 is 5.64. The van der Waals surface area contributed by atoms with Crippen molar-refractivity contribution in [3.63, 3.8) is 0 Å². The molecule has 0 heterocycles. The maximum absolute atomic E-state index is 13.2. The van der Waals surface area contributed by atoms with E-state index in [9.17, 15) is 4.79 Å². The van der Waals surface area contributed by atoms with E-state index in [-0.39, 0.29) is 26.8 Å². The molecular formula is C19H29IO2. The fourth-order valence-electron chi connectivity index (χ4n) is 4.75. The first-order chi connectivity index (χ1) is 10.1. The van der Waals surface area contributed by atoms with Gasteiger partial charge in [0.1, 0.15) is 5.78 Å². The summed E-state index contributed by atoms with van der Waals surface area (Å²) in [6.45, 7) is 17.0. The van der Waals surface area contributed by atoms with Gasteiger partial charge in [-0.25, -0.2) is 0 Å². The van der Waals surface area contributed by atoms with E-state index in [0.29, 0.717) is 5.78 Å². The van der Waals surface area contributed by atoms with Crippen LogP contribution in [0.15, 0.2) is 24.8 Å². The number of ketones is 1. The van der Waals surface area contributed by atoms with Crippen LogP contribution in [0.3, 0.4) is 0 Å². The third-order valence-electron chi connectivity index (χ3n) is 6.64. The zero-order valence-corrected chi connectivity index (χ0v) is 16.7. The lowest BCUT2D eigenvalue weighted by Gasteiger charge is -2.52. The number of ether oxygens (including phenoxy) is 1. The normalized spacial score (nSPS) is 49.5. The van der Waals surface area contributed by atoms with Crippen LogP contribution >= 0.6 is 22.6 Å². The lowest BCUT2D eigenvalue weighted by Crippen LogP contribution is -2.55. The van der Waals surface area contributed by atoms with Gasteiger partial charge in [0.15, 0.2) is 0 Å². The predicted molar refractivity (Wildman–Crippen MR) is 100 cm³/mol. The number of halogens is 1. The predicted octanol–water partition coefficient (Wildman–Crippen LogP) is 4.97. The zero-order valence-electron chi connectivity index (χ0n) is 14.5. The highest BCUT2D eigenvalue weighted by Crippen LogP contribution is 2.64. The molecule has 0 spiro atoms. The molecule has 2 aliphatic rings. The molecule has 2 rings (SSSR count). The summed E-state index contributed by atoms with van der Waals surface area (Å²) in [5.74, 6) is 0.561. The van der Waals surface area contributed by atoms with Crippen LogP contribution in [-0.4, -0.2) is 22.4 Å². The molecule has 0 aliphatic heterocycles. The molecule has 0 radical (unpaired) electrons. The summed E-state index contributed by atoms with van der Waals surface area (Å²) in [5, 5.41) is 0. The van der Waals surface area contributed by atoms with Crippen molar-refractivity contribution >= 4 is 28.4 Å². The SMILES string of the molecule is C=C[C@]1(C)C[C@H](C)C(=C)C2(I)[C@H](OC)CCC2(C)[C@@H](C)C1=O. The van der Waals surface area contributed by atoms with Crippen LogP contribution in [0, 0.1) is 22.7 Å². The fraction of sp³-hybridized carbons (Fsp3) is 0.737. The second-order valence-corrected chi connectivity index (χ2v) is 9.43. The Hall–Kier alpha value is -0.160. The molecule has 0 N–H and O–H groups in total. The third kappa shape index (κ3) is 2.18. The van der Waals surface area contributed by atoms with Crippen LogP contribution in [0.4, 0.5) is 0 Å². The molecular weight excluding hydrogens is 387 g/mol.